The fourth-order valence-corrected chi connectivity index (χ4v) is 1.64. The average molecular weight is 255 g/mol. The third-order valence-corrected chi connectivity index (χ3v) is 2.76. The van der Waals surface area contributed by atoms with Gasteiger partial charge in [-0.3, -0.25) is 4.68 Å². The molecule has 0 fully saturated rings. The predicted octanol–water partition coefficient (Wildman–Crippen LogP) is 2.41. The molecular weight excluding hydrogens is 243 g/mol. The molecule has 0 saturated heterocycles. The SMILES string of the molecule is Cn1nccc1CNc1cc(Cl)c(F)cc1N. The van der Waals surface area contributed by atoms with Crippen LogP contribution >= 0.6 is 11.6 Å². The lowest BCUT2D eigenvalue weighted by atomic mass is 10.2. The van der Waals surface area contributed by atoms with Gasteiger partial charge in [0.15, 0.2) is 0 Å². The van der Waals surface area contributed by atoms with Crippen molar-refractivity contribution in [3.8, 4) is 0 Å². The van der Waals surface area contributed by atoms with E-state index in [9.17, 15) is 4.39 Å². The van der Waals surface area contributed by atoms with Crippen LogP contribution in [0.5, 0.6) is 0 Å². The van der Waals surface area contributed by atoms with Crippen LogP contribution in [0.25, 0.3) is 0 Å². The maximum Gasteiger partial charge on any atom is 0.143 e. The first-order chi connectivity index (χ1) is 8.08. The minimum atomic E-state index is -0.518. The molecule has 2 aromatic rings. The number of aromatic nitrogens is 2. The van der Waals surface area contributed by atoms with E-state index >= 15 is 0 Å². The summed E-state index contributed by atoms with van der Waals surface area (Å²) in [5.41, 5.74) is 7.61. The fraction of sp³-hybridized carbons (Fsp3) is 0.182. The van der Waals surface area contributed by atoms with Crippen LogP contribution in [0.1, 0.15) is 5.69 Å². The molecule has 0 aliphatic rings. The summed E-state index contributed by atoms with van der Waals surface area (Å²) >= 11 is 5.69. The fourth-order valence-electron chi connectivity index (χ4n) is 1.48. The van der Waals surface area contributed by atoms with E-state index in [4.69, 9.17) is 17.3 Å². The van der Waals surface area contributed by atoms with E-state index in [1.165, 1.54) is 12.1 Å². The molecule has 0 amide bonds. The van der Waals surface area contributed by atoms with E-state index in [0.717, 1.165) is 5.69 Å². The number of nitrogens with zero attached hydrogens (tertiary/aromatic N) is 2. The molecule has 0 atom stereocenters. The van der Waals surface area contributed by atoms with E-state index in [1.54, 1.807) is 10.9 Å². The first-order valence-corrected chi connectivity index (χ1v) is 5.41. The maximum atomic E-state index is 13.1. The van der Waals surface area contributed by atoms with Crippen LogP contribution in [-0.4, -0.2) is 9.78 Å². The van der Waals surface area contributed by atoms with Crippen LogP contribution < -0.4 is 11.1 Å². The molecule has 0 spiro atoms. The molecule has 0 unspecified atom stereocenters. The van der Waals surface area contributed by atoms with Gasteiger partial charge in [-0.15, -0.1) is 0 Å². The normalized spacial score (nSPS) is 10.5. The number of benzene rings is 1. The minimum Gasteiger partial charge on any atom is -0.397 e. The van der Waals surface area contributed by atoms with E-state index in [-0.39, 0.29) is 5.02 Å². The number of halogens is 2. The largest absolute Gasteiger partial charge is 0.397 e. The van der Waals surface area contributed by atoms with Crippen LogP contribution in [0, 0.1) is 5.82 Å². The highest BCUT2D eigenvalue weighted by atomic mass is 35.5. The standard InChI is InChI=1S/C11H12ClFN4/c1-17-7(2-3-16-17)6-15-11-4-8(12)9(13)5-10(11)14/h2-5,15H,6,14H2,1H3. The van der Waals surface area contributed by atoms with Gasteiger partial charge in [0.25, 0.3) is 0 Å². The van der Waals surface area contributed by atoms with Gasteiger partial charge in [-0.05, 0) is 12.1 Å². The van der Waals surface area contributed by atoms with Crippen LogP contribution in [-0.2, 0) is 13.6 Å². The number of hydrogen-bond acceptors (Lipinski definition) is 3. The Morgan fingerprint density at radius 1 is 1.53 bits per heavy atom. The van der Waals surface area contributed by atoms with Crippen molar-refractivity contribution in [2.75, 3.05) is 11.1 Å². The maximum absolute atomic E-state index is 13.1. The molecule has 90 valence electrons. The second kappa shape index (κ2) is 4.63. The topological polar surface area (TPSA) is 55.9 Å². The van der Waals surface area contributed by atoms with Gasteiger partial charge in [-0.2, -0.15) is 5.10 Å². The molecule has 1 aromatic carbocycles. The number of nitrogens with one attached hydrogen (secondary N) is 1. The van der Waals surface area contributed by atoms with Gasteiger partial charge in [0, 0.05) is 19.3 Å². The zero-order valence-electron chi connectivity index (χ0n) is 9.24. The summed E-state index contributed by atoms with van der Waals surface area (Å²) in [5.74, 6) is -0.518. The first-order valence-electron chi connectivity index (χ1n) is 5.03. The number of nitrogen functional groups attached to an aromatic ring is 1. The Balaban J connectivity index is 2.14. The molecule has 0 saturated carbocycles. The summed E-state index contributed by atoms with van der Waals surface area (Å²) in [7, 11) is 1.85. The lowest BCUT2D eigenvalue weighted by Crippen LogP contribution is -2.07. The Morgan fingerprint density at radius 3 is 2.94 bits per heavy atom. The summed E-state index contributed by atoms with van der Waals surface area (Å²) in [6.45, 7) is 0.544. The first kappa shape index (κ1) is 11.7. The van der Waals surface area contributed by atoms with E-state index in [0.29, 0.717) is 17.9 Å². The van der Waals surface area contributed by atoms with Crippen molar-refractivity contribution in [1.29, 1.82) is 0 Å². The highest BCUT2D eigenvalue weighted by Crippen LogP contribution is 2.26. The summed E-state index contributed by atoms with van der Waals surface area (Å²) in [6.07, 6.45) is 1.71. The zero-order valence-corrected chi connectivity index (χ0v) is 10.0. The van der Waals surface area contributed by atoms with Crippen LogP contribution in [0.2, 0.25) is 5.02 Å². The Kier molecular flexibility index (Phi) is 3.19. The van der Waals surface area contributed by atoms with Gasteiger partial charge in [-0.25, -0.2) is 4.39 Å². The van der Waals surface area contributed by atoms with Gasteiger partial charge < -0.3 is 11.1 Å². The molecule has 0 aliphatic carbocycles. The smallest absolute Gasteiger partial charge is 0.143 e. The molecule has 2 rings (SSSR count). The summed E-state index contributed by atoms with van der Waals surface area (Å²) < 4.78 is 14.8. The third-order valence-electron chi connectivity index (χ3n) is 2.47. The molecule has 17 heavy (non-hydrogen) atoms. The van der Waals surface area contributed by atoms with Crippen molar-refractivity contribution >= 4 is 23.0 Å². The van der Waals surface area contributed by atoms with E-state index < -0.39 is 5.82 Å². The number of hydrogen-bond donors (Lipinski definition) is 2. The number of nitrogens with two attached hydrogens (primary N) is 1. The van der Waals surface area contributed by atoms with Crippen LogP contribution in [0.4, 0.5) is 15.8 Å². The number of aryl methyl sites for hydroxylation is 1. The average Bonchev–Trinajstić information content (AvgIpc) is 2.68. The van der Waals surface area contributed by atoms with Crippen LogP contribution in [0.3, 0.4) is 0 Å². The van der Waals surface area contributed by atoms with Crippen molar-refractivity contribution in [3.05, 3.63) is 40.9 Å². The Morgan fingerprint density at radius 2 is 2.29 bits per heavy atom. The minimum absolute atomic E-state index is 0.0479. The molecule has 1 heterocycles. The monoisotopic (exact) mass is 254 g/mol. The lowest BCUT2D eigenvalue weighted by Gasteiger charge is -2.10. The summed E-state index contributed by atoms with van der Waals surface area (Å²) in [5, 5.41) is 7.18. The highest BCUT2D eigenvalue weighted by molar-refractivity contribution is 6.31. The number of anilines is 2. The van der Waals surface area contributed by atoms with Crippen molar-refractivity contribution in [2.24, 2.45) is 7.05 Å². The molecule has 6 heteroatoms. The Bertz CT molecular complexity index is 538. The molecular formula is C11H12ClFN4. The highest BCUT2D eigenvalue weighted by Gasteiger charge is 2.06. The summed E-state index contributed by atoms with van der Waals surface area (Å²) in [6, 6.07) is 4.56. The molecule has 3 N–H and O–H groups in total. The quantitative estimate of drug-likeness (QED) is 0.827. The van der Waals surface area contributed by atoms with Gasteiger partial charge in [0.2, 0.25) is 0 Å². The Labute approximate surface area is 103 Å². The lowest BCUT2D eigenvalue weighted by molar-refractivity contribution is 0.629. The van der Waals surface area contributed by atoms with Gasteiger partial charge in [0.05, 0.1) is 28.6 Å². The van der Waals surface area contributed by atoms with E-state index in [1.807, 2.05) is 13.1 Å². The second-order valence-corrected chi connectivity index (χ2v) is 4.06. The Hall–Kier alpha value is -1.75. The van der Waals surface area contributed by atoms with Gasteiger partial charge in [0.1, 0.15) is 5.82 Å². The summed E-state index contributed by atoms with van der Waals surface area (Å²) in [4.78, 5) is 0. The van der Waals surface area contributed by atoms with Crippen molar-refractivity contribution in [1.82, 2.24) is 9.78 Å². The molecule has 0 radical (unpaired) electrons. The van der Waals surface area contributed by atoms with Crippen molar-refractivity contribution in [3.63, 3.8) is 0 Å². The predicted molar refractivity (Wildman–Crippen MR) is 66.4 cm³/mol. The van der Waals surface area contributed by atoms with Crippen molar-refractivity contribution < 1.29 is 4.39 Å². The molecule has 1 aromatic heterocycles. The van der Waals surface area contributed by atoms with Gasteiger partial charge in [-0.1, -0.05) is 11.6 Å². The molecule has 4 nitrogen and oxygen atoms in total. The molecule has 0 aliphatic heterocycles. The van der Waals surface area contributed by atoms with Crippen molar-refractivity contribution in [2.45, 2.75) is 6.54 Å². The van der Waals surface area contributed by atoms with E-state index in [2.05, 4.69) is 10.4 Å². The van der Waals surface area contributed by atoms with Crippen LogP contribution in [0.15, 0.2) is 24.4 Å². The van der Waals surface area contributed by atoms with Gasteiger partial charge >= 0.3 is 0 Å². The zero-order chi connectivity index (χ0) is 12.4. The third kappa shape index (κ3) is 2.50. The number of rotatable bonds is 3. The second-order valence-electron chi connectivity index (χ2n) is 3.65. The molecule has 0 bridgehead atoms.